The van der Waals surface area contributed by atoms with E-state index >= 15 is 0 Å². The van der Waals surface area contributed by atoms with Crippen molar-refractivity contribution < 1.29 is 4.79 Å². The minimum Gasteiger partial charge on any atom is -0.315 e. The highest BCUT2D eigenvalue weighted by Gasteiger charge is 2.31. The summed E-state index contributed by atoms with van der Waals surface area (Å²) in [6.45, 7) is 1.91. The standard InChI is InChI=1S/C21H22N4OS/c1-15(20(26)24(2)17-9-5-3-6-10-17)27-21-22-19(16-13-14-16)25(23-21)18-11-7-4-8-12-18/h3-12,15-16H,13-14H2,1-2H3. The molecule has 1 amide bonds. The molecular formula is C21H22N4OS. The molecule has 5 nitrogen and oxygen atoms in total. The number of para-hydroxylation sites is 2. The number of benzene rings is 2. The zero-order chi connectivity index (χ0) is 18.8. The molecule has 0 spiro atoms. The monoisotopic (exact) mass is 378 g/mol. The van der Waals surface area contributed by atoms with E-state index in [0.717, 1.165) is 30.0 Å². The van der Waals surface area contributed by atoms with Crippen molar-refractivity contribution in [2.75, 3.05) is 11.9 Å². The molecule has 1 fully saturated rings. The number of amides is 1. The first-order valence-corrected chi connectivity index (χ1v) is 10.0. The third kappa shape index (κ3) is 3.90. The summed E-state index contributed by atoms with van der Waals surface area (Å²) >= 11 is 1.42. The van der Waals surface area contributed by atoms with E-state index in [1.807, 2.05) is 72.3 Å². The number of aromatic nitrogens is 3. The summed E-state index contributed by atoms with van der Waals surface area (Å²) in [5.41, 5.74) is 1.90. The van der Waals surface area contributed by atoms with Gasteiger partial charge in [-0.25, -0.2) is 9.67 Å². The Labute approximate surface area is 163 Å². The Hall–Kier alpha value is -2.60. The summed E-state index contributed by atoms with van der Waals surface area (Å²) in [6.07, 6.45) is 2.31. The van der Waals surface area contributed by atoms with Crippen LogP contribution in [0.3, 0.4) is 0 Å². The lowest BCUT2D eigenvalue weighted by molar-refractivity contribution is -0.117. The number of anilines is 1. The second kappa shape index (κ2) is 7.56. The highest BCUT2D eigenvalue weighted by molar-refractivity contribution is 8.00. The molecule has 6 heteroatoms. The number of hydrogen-bond donors (Lipinski definition) is 0. The molecule has 4 rings (SSSR count). The Balaban J connectivity index is 1.53. The predicted molar refractivity (Wildman–Crippen MR) is 109 cm³/mol. The normalized spacial score (nSPS) is 14.7. The average Bonchev–Trinajstić information content (AvgIpc) is 3.48. The van der Waals surface area contributed by atoms with Gasteiger partial charge in [-0.1, -0.05) is 48.2 Å². The van der Waals surface area contributed by atoms with Crippen LogP contribution in [0.2, 0.25) is 0 Å². The molecular weight excluding hydrogens is 356 g/mol. The minimum atomic E-state index is -0.270. The van der Waals surface area contributed by atoms with E-state index in [0.29, 0.717) is 11.1 Å². The van der Waals surface area contributed by atoms with Gasteiger partial charge in [0, 0.05) is 18.7 Å². The molecule has 0 radical (unpaired) electrons. The van der Waals surface area contributed by atoms with Crippen LogP contribution in [0.4, 0.5) is 5.69 Å². The van der Waals surface area contributed by atoms with Crippen LogP contribution in [0.15, 0.2) is 65.8 Å². The lowest BCUT2D eigenvalue weighted by Crippen LogP contribution is -2.33. The number of hydrogen-bond acceptors (Lipinski definition) is 4. The van der Waals surface area contributed by atoms with Gasteiger partial charge < -0.3 is 4.90 Å². The lowest BCUT2D eigenvalue weighted by atomic mass is 10.3. The fourth-order valence-corrected chi connectivity index (χ4v) is 3.83. The Kier molecular flexibility index (Phi) is 4.99. The van der Waals surface area contributed by atoms with Crippen molar-refractivity contribution in [2.24, 2.45) is 0 Å². The first-order chi connectivity index (χ1) is 13.1. The van der Waals surface area contributed by atoms with Gasteiger partial charge in [0.15, 0.2) is 0 Å². The van der Waals surface area contributed by atoms with Crippen LogP contribution in [-0.4, -0.2) is 33.0 Å². The van der Waals surface area contributed by atoms with Gasteiger partial charge in [-0.15, -0.1) is 5.10 Å². The molecule has 0 aliphatic heterocycles. The Morgan fingerprint density at radius 3 is 2.37 bits per heavy atom. The molecule has 2 aromatic carbocycles. The summed E-state index contributed by atoms with van der Waals surface area (Å²) in [7, 11) is 1.81. The largest absolute Gasteiger partial charge is 0.315 e. The van der Waals surface area contributed by atoms with E-state index in [-0.39, 0.29) is 11.2 Å². The van der Waals surface area contributed by atoms with Gasteiger partial charge >= 0.3 is 0 Å². The van der Waals surface area contributed by atoms with Gasteiger partial charge in [-0.05, 0) is 44.0 Å². The molecule has 138 valence electrons. The molecule has 0 saturated heterocycles. The SMILES string of the molecule is CC(Sc1nc(C2CC2)n(-c2ccccc2)n1)C(=O)N(C)c1ccccc1. The molecule has 1 heterocycles. The molecule has 1 unspecified atom stereocenters. The van der Waals surface area contributed by atoms with Crippen molar-refractivity contribution in [1.82, 2.24) is 14.8 Å². The highest BCUT2D eigenvalue weighted by atomic mass is 32.2. The summed E-state index contributed by atoms with van der Waals surface area (Å²) in [4.78, 5) is 19.2. The highest BCUT2D eigenvalue weighted by Crippen LogP contribution is 2.40. The third-order valence-corrected chi connectivity index (χ3v) is 5.60. The van der Waals surface area contributed by atoms with Crippen LogP contribution in [0.5, 0.6) is 0 Å². The van der Waals surface area contributed by atoms with Crippen LogP contribution >= 0.6 is 11.8 Å². The van der Waals surface area contributed by atoms with E-state index < -0.39 is 0 Å². The van der Waals surface area contributed by atoms with Gasteiger partial charge in [-0.2, -0.15) is 0 Å². The van der Waals surface area contributed by atoms with Crippen molar-refractivity contribution in [3.8, 4) is 5.69 Å². The van der Waals surface area contributed by atoms with Crippen LogP contribution in [0.1, 0.15) is 31.5 Å². The maximum Gasteiger partial charge on any atom is 0.240 e. The zero-order valence-electron chi connectivity index (χ0n) is 15.4. The van der Waals surface area contributed by atoms with E-state index in [1.54, 1.807) is 11.9 Å². The molecule has 3 aromatic rings. The smallest absolute Gasteiger partial charge is 0.240 e. The Bertz CT molecular complexity index is 922. The lowest BCUT2D eigenvalue weighted by Gasteiger charge is -2.20. The minimum absolute atomic E-state index is 0.0373. The van der Waals surface area contributed by atoms with Crippen molar-refractivity contribution in [2.45, 2.75) is 36.1 Å². The third-order valence-electron chi connectivity index (χ3n) is 4.66. The molecule has 0 bridgehead atoms. The fourth-order valence-electron chi connectivity index (χ4n) is 2.98. The van der Waals surface area contributed by atoms with E-state index in [1.165, 1.54) is 11.8 Å². The second-order valence-electron chi connectivity index (χ2n) is 6.77. The molecule has 1 aromatic heterocycles. The molecule has 1 atom stereocenters. The molecule has 1 saturated carbocycles. The van der Waals surface area contributed by atoms with E-state index in [2.05, 4.69) is 0 Å². The molecule has 0 N–H and O–H groups in total. The molecule has 27 heavy (non-hydrogen) atoms. The van der Waals surface area contributed by atoms with Crippen LogP contribution in [0.25, 0.3) is 5.69 Å². The number of thioether (sulfide) groups is 1. The van der Waals surface area contributed by atoms with Crippen LogP contribution in [-0.2, 0) is 4.79 Å². The zero-order valence-corrected chi connectivity index (χ0v) is 16.3. The summed E-state index contributed by atoms with van der Waals surface area (Å²) in [5.74, 6) is 1.51. The van der Waals surface area contributed by atoms with Crippen molar-refractivity contribution in [1.29, 1.82) is 0 Å². The second-order valence-corrected chi connectivity index (χ2v) is 8.08. The van der Waals surface area contributed by atoms with Gasteiger partial charge in [-0.3, -0.25) is 4.79 Å². The van der Waals surface area contributed by atoms with Gasteiger partial charge in [0.25, 0.3) is 0 Å². The summed E-state index contributed by atoms with van der Waals surface area (Å²) in [6, 6.07) is 19.7. The van der Waals surface area contributed by atoms with Crippen LogP contribution in [0, 0.1) is 0 Å². The number of nitrogens with zero attached hydrogens (tertiary/aromatic N) is 4. The molecule has 1 aliphatic rings. The fraction of sp³-hybridized carbons (Fsp3) is 0.286. The van der Waals surface area contributed by atoms with Crippen LogP contribution < -0.4 is 4.90 Å². The van der Waals surface area contributed by atoms with E-state index in [4.69, 9.17) is 10.1 Å². The number of carbonyl (C=O) groups is 1. The van der Waals surface area contributed by atoms with Gasteiger partial charge in [0.2, 0.25) is 11.1 Å². The first kappa shape index (κ1) is 17.8. The predicted octanol–water partition coefficient (Wildman–Crippen LogP) is 4.29. The van der Waals surface area contributed by atoms with Crippen molar-refractivity contribution in [3.05, 3.63) is 66.5 Å². The quantitative estimate of drug-likeness (QED) is 0.601. The number of carbonyl (C=O) groups excluding carboxylic acids is 1. The van der Waals surface area contributed by atoms with Crippen molar-refractivity contribution in [3.63, 3.8) is 0 Å². The molecule has 1 aliphatic carbocycles. The van der Waals surface area contributed by atoms with Gasteiger partial charge in [0.1, 0.15) is 5.82 Å². The van der Waals surface area contributed by atoms with E-state index in [9.17, 15) is 4.79 Å². The Morgan fingerprint density at radius 1 is 1.11 bits per heavy atom. The maximum absolute atomic E-state index is 12.8. The average molecular weight is 379 g/mol. The van der Waals surface area contributed by atoms with Crippen molar-refractivity contribution >= 4 is 23.4 Å². The first-order valence-electron chi connectivity index (χ1n) is 9.15. The maximum atomic E-state index is 12.8. The van der Waals surface area contributed by atoms with Gasteiger partial charge in [0.05, 0.1) is 10.9 Å². The topological polar surface area (TPSA) is 51.0 Å². The number of rotatable bonds is 6. The Morgan fingerprint density at radius 2 is 1.74 bits per heavy atom. The summed E-state index contributed by atoms with van der Waals surface area (Å²) < 4.78 is 1.93. The summed E-state index contributed by atoms with van der Waals surface area (Å²) in [5, 5.41) is 5.08.